The molecule has 0 spiro atoms. The van der Waals surface area contributed by atoms with Gasteiger partial charge in [-0.2, -0.15) is 5.10 Å². The Morgan fingerprint density at radius 3 is 2.78 bits per heavy atom. The van der Waals surface area contributed by atoms with E-state index in [1.54, 1.807) is 43.1 Å². The van der Waals surface area contributed by atoms with Crippen LogP contribution in [0.5, 0.6) is 0 Å². The maximum absolute atomic E-state index is 12.6. The van der Waals surface area contributed by atoms with Crippen LogP contribution in [-0.4, -0.2) is 24.9 Å². The molecule has 0 saturated carbocycles. The van der Waals surface area contributed by atoms with E-state index in [9.17, 15) is 8.42 Å². The lowest BCUT2D eigenvalue weighted by molar-refractivity contribution is 0.534. The van der Waals surface area contributed by atoms with Gasteiger partial charge in [0.05, 0.1) is 0 Å². The first kappa shape index (κ1) is 15.7. The largest absolute Gasteiger partial charge is 0.458 e. The van der Waals surface area contributed by atoms with Crippen LogP contribution in [0.3, 0.4) is 0 Å². The quantitative estimate of drug-likeness (QED) is 0.688. The molecule has 0 aliphatic heterocycles. The minimum absolute atomic E-state index is 0.108. The number of nitrogens with zero attached hydrogens (tertiary/aromatic N) is 1. The van der Waals surface area contributed by atoms with Crippen molar-refractivity contribution in [1.29, 1.82) is 0 Å². The van der Waals surface area contributed by atoms with E-state index in [1.165, 1.54) is 6.07 Å². The normalized spacial score (nSPS) is 11.6. The van der Waals surface area contributed by atoms with Crippen LogP contribution >= 0.6 is 11.8 Å². The fraction of sp³-hybridized carbons (Fsp3) is 0.133. The highest BCUT2D eigenvalue weighted by atomic mass is 32.2. The number of aromatic nitrogens is 2. The van der Waals surface area contributed by atoms with Crippen molar-refractivity contribution in [1.82, 2.24) is 10.2 Å². The molecule has 0 saturated heterocycles. The minimum atomic E-state index is -3.73. The zero-order chi connectivity index (χ0) is 16.4. The second-order valence-corrected chi connectivity index (χ2v) is 7.37. The number of aromatic amines is 1. The molecule has 0 aliphatic rings. The molecule has 0 aliphatic carbocycles. The Morgan fingerprint density at radius 1 is 1.26 bits per heavy atom. The van der Waals surface area contributed by atoms with Crippen LogP contribution in [0.1, 0.15) is 5.76 Å². The number of H-pyrrole nitrogens is 1. The summed E-state index contributed by atoms with van der Waals surface area (Å²) in [4.78, 5) is 1.09. The number of rotatable bonds is 5. The summed E-state index contributed by atoms with van der Waals surface area (Å²) >= 11 is 1.55. The first-order valence-corrected chi connectivity index (χ1v) is 9.47. The highest BCUT2D eigenvalue weighted by Crippen LogP contribution is 2.28. The lowest BCUT2D eigenvalue weighted by Gasteiger charge is -2.07. The molecule has 0 bridgehead atoms. The summed E-state index contributed by atoms with van der Waals surface area (Å²) in [5.41, 5.74) is 1.14. The first-order chi connectivity index (χ1) is 11.0. The van der Waals surface area contributed by atoms with Crippen molar-refractivity contribution >= 4 is 27.5 Å². The van der Waals surface area contributed by atoms with Crippen LogP contribution in [-0.2, 0) is 10.0 Å². The Bertz CT molecular complexity index is 915. The minimum Gasteiger partial charge on any atom is -0.458 e. The molecule has 0 amide bonds. The number of sulfonamides is 1. The molecule has 6 nitrogen and oxygen atoms in total. The summed E-state index contributed by atoms with van der Waals surface area (Å²) in [5.74, 6) is 0.751. The number of nitrogens with one attached hydrogen (secondary N) is 2. The maximum atomic E-state index is 12.6. The van der Waals surface area contributed by atoms with Crippen molar-refractivity contribution in [3.63, 3.8) is 0 Å². The van der Waals surface area contributed by atoms with Crippen LogP contribution in [0.25, 0.3) is 11.5 Å². The number of hydrogen-bond acceptors (Lipinski definition) is 5. The van der Waals surface area contributed by atoms with E-state index < -0.39 is 10.0 Å². The van der Waals surface area contributed by atoms with Crippen molar-refractivity contribution in [2.24, 2.45) is 0 Å². The van der Waals surface area contributed by atoms with E-state index in [2.05, 4.69) is 14.9 Å². The Morgan fingerprint density at radius 2 is 2.09 bits per heavy atom. The Labute approximate surface area is 138 Å². The molecule has 2 heterocycles. The molecule has 1 aromatic carbocycles. The van der Waals surface area contributed by atoms with Crippen molar-refractivity contribution in [3.05, 3.63) is 48.4 Å². The van der Waals surface area contributed by atoms with Crippen molar-refractivity contribution in [2.75, 3.05) is 11.0 Å². The Balaban J connectivity index is 1.93. The van der Waals surface area contributed by atoms with Gasteiger partial charge < -0.3 is 4.42 Å². The molecular formula is C15H15N3O3S2. The summed E-state index contributed by atoms with van der Waals surface area (Å²) in [6, 6.07) is 10.4. The molecule has 23 heavy (non-hydrogen) atoms. The number of thioether (sulfide) groups is 1. The van der Waals surface area contributed by atoms with Crippen LogP contribution in [0.2, 0.25) is 0 Å². The predicted octanol–water partition coefficient (Wildman–Crippen LogP) is 3.50. The zero-order valence-corrected chi connectivity index (χ0v) is 14.2. The second-order valence-electron chi connectivity index (χ2n) is 4.84. The van der Waals surface area contributed by atoms with E-state index in [0.717, 1.165) is 4.90 Å². The van der Waals surface area contributed by atoms with Gasteiger partial charge in [-0.3, -0.25) is 9.82 Å². The van der Waals surface area contributed by atoms with Crippen LogP contribution in [0.4, 0.5) is 5.69 Å². The molecule has 2 N–H and O–H groups in total. The molecule has 120 valence electrons. The van der Waals surface area contributed by atoms with Crippen LogP contribution in [0, 0.1) is 6.92 Å². The van der Waals surface area contributed by atoms with E-state index in [0.29, 0.717) is 22.9 Å². The third-order valence-corrected chi connectivity index (χ3v) is 5.46. The van der Waals surface area contributed by atoms with Crippen LogP contribution in [0.15, 0.2) is 56.8 Å². The molecular weight excluding hydrogens is 334 g/mol. The molecule has 0 fully saturated rings. The van der Waals surface area contributed by atoms with Gasteiger partial charge in [-0.25, -0.2) is 8.42 Å². The van der Waals surface area contributed by atoms with Gasteiger partial charge in [-0.15, -0.1) is 11.8 Å². The Kier molecular flexibility index (Phi) is 4.18. The summed E-state index contributed by atoms with van der Waals surface area (Å²) in [7, 11) is -3.73. The topological polar surface area (TPSA) is 88.0 Å². The van der Waals surface area contributed by atoms with Gasteiger partial charge in [-0.1, -0.05) is 6.07 Å². The summed E-state index contributed by atoms with van der Waals surface area (Å²) < 4.78 is 33.3. The average molecular weight is 349 g/mol. The van der Waals surface area contributed by atoms with Gasteiger partial charge >= 0.3 is 0 Å². The van der Waals surface area contributed by atoms with Crippen molar-refractivity contribution in [3.8, 4) is 11.5 Å². The molecule has 0 atom stereocenters. The zero-order valence-electron chi connectivity index (χ0n) is 12.5. The molecule has 3 aromatic rings. The third-order valence-electron chi connectivity index (χ3n) is 3.25. The predicted molar refractivity (Wildman–Crippen MR) is 90.1 cm³/mol. The van der Waals surface area contributed by atoms with E-state index in [1.807, 2.05) is 18.4 Å². The van der Waals surface area contributed by atoms with Gasteiger partial charge in [0.25, 0.3) is 10.0 Å². The highest BCUT2D eigenvalue weighted by Gasteiger charge is 2.22. The highest BCUT2D eigenvalue weighted by molar-refractivity contribution is 7.98. The lowest BCUT2D eigenvalue weighted by Crippen LogP contribution is -2.13. The lowest BCUT2D eigenvalue weighted by atomic mass is 10.3. The monoisotopic (exact) mass is 349 g/mol. The van der Waals surface area contributed by atoms with E-state index >= 15 is 0 Å². The van der Waals surface area contributed by atoms with Gasteiger partial charge in [-0.05, 0) is 37.4 Å². The molecule has 0 unspecified atom stereocenters. The third kappa shape index (κ3) is 3.27. The number of benzene rings is 1. The average Bonchev–Trinajstić information content (AvgIpc) is 3.16. The first-order valence-electron chi connectivity index (χ1n) is 6.76. The van der Waals surface area contributed by atoms with Crippen LogP contribution < -0.4 is 4.72 Å². The fourth-order valence-corrected chi connectivity index (χ4v) is 3.84. The standard InChI is InChI=1S/C15H15N3O3S2/c1-10-15(9-14(21-10)13-6-7-16-17-13)23(19,20)18-11-4-3-5-12(8-11)22-2/h3-9,18H,1-2H3,(H,16,17). The van der Waals surface area contributed by atoms with Gasteiger partial charge in [0.1, 0.15) is 16.3 Å². The second kappa shape index (κ2) is 6.13. The number of aryl methyl sites for hydroxylation is 1. The summed E-state index contributed by atoms with van der Waals surface area (Å²) in [5, 5.41) is 6.58. The number of anilines is 1. The van der Waals surface area contributed by atoms with Gasteiger partial charge in [0.2, 0.25) is 0 Å². The van der Waals surface area contributed by atoms with Gasteiger partial charge in [0.15, 0.2) is 5.76 Å². The van der Waals surface area contributed by atoms with E-state index in [4.69, 9.17) is 4.42 Å². The van der Waals surface area contributed by atoms with E-state index in [-0.39, 0.29) is 4.90 Å². The maximum Gasteiger partial charge on any atom is 0.265 e. The summed E-state index contributed by atoms with van der Waals surface area (Å²) in [6.45, 7) is 1.62. The Hall–Kier alpha value is -2.19. The molecule has 0 radical (unpaired) electrons. The molecule has 3 rings (SSSR count). The summed E-state index contributed by atoms with van der Waals surface area (Å²) in [6.07, 6.45) is 3.51. The van der Waals surface area contributed by atoms with Crippen molar-refractivity contribution in [2.45, 2.75) is 16.7 Å². The molecule has 2 aromatic heterocycles. The number of hydrogen-bond donors (Lipinski definition) is 2. The number of furan rings is 1. The fourth-order valence-electron chi connectivity index (χ4n) is 2.15. The van der Waals surface area contributed by atoms with Crippen molar-refractivity contribution < 1.29 is 12.8 Å². The van der Waals surface area contributed by atoms with Gasteiger partial charge in [0, 0.05) is 22.8 Å². The molecule has 8 heteroatoms. The SMILES string of the molecule is CSc1cccc(NS(=O)(=O)c2cc(-c3ccn[nH]3)oc2C)c1. The smallest absolute Gasteiger partial charge is 0.265 e.